The molecule has 0 aliphatic heterocycles. The summed E-state index contributed by atoms with van der Waals surface area (Å²) >= 11 is 0. The number of fused-ring (bicyclic) bond motifs is 1. The molecule has 1 unspecified atom stereocenters. The smallest absolute Gasteiger partial charge is 0.0706 e. The highest BCUT2D eigenvalue weighted by Crippen LogP contribution is 2.31. The second kappa shape index (κ2) is 6.19. The molecule has 0 saturated carbocycles. The first-order valence-corrected chi connectivity index (χ1v) is 6.64. The van der Waals surface area contributed by atoms with Gasteiger partial charge in [0.2, 0.25) is 0 Å². The van der Waals surface area contributed by atoms with E-state index in [0.717, 1.165) is 41.4 Å². The van der Waals surface area contributed by atoms with Crippen molar-refractivity contribution in [1.82, 2.24) is 4.98 Å². The molecule has 19 heavy (non-hydrogen) atoms. The van der Waals surface area contributed by atoms with Crippen LogP contribution in [0.2, 0.25) is 0 Å². The van der Waals surface area contributed by atoms with Crippen LogP contribution in [0.4, 0.5) is 5.69 Å². The van der Waals surface area contributed by atoms with Crippen LogP contribution < -0.4 is 5.73 Å². The summed E-state index contributed by atoms with van der Waals surface area (Å²) in [6, 6.07) is 8.05. The van der Waals surface area contributed by atoms with Gasteiger partial charge in [0.25, 0.3) is 0 Å². The number of hydrogen-bond donors (Lipinski definition) is 1. The Bertz CT molecular complexity index is 587. The molecule has 2 aromatic rings. The first kappa shape index (κ1) is 13.3. The number of hydrogen-bond acceptors (Lipinski definition) is 2. The second-order valence-electron chi connectivity index (χ2n) is 4.74. The van der Waals surface area contributed by atoms with Gasteiger partial charge in [-0.2, -0.15) is 0 Å². The van der Waals surface area contributed by atoms with Gasteiger partial charge in [-0.3, -0.25) is 4.98 Å². The molecule has 2 heteroatoms. The van der Waals surface area contributed by atoms with Crippen LogP contribution >= 0.6 is 0 Å². The van der Waals surface area contributed by atoms with E-state index in [0.29, 0.717) is 0 Å². The lowest BCUT2D eigenvalue weighted by molar-refractivity contribution is 0.688. The number of unbranched alkanes of at least 4 members (excludes halogenated alkanes) is 1. The Labute approximate surface area is 114 Å². The van der Waals surface area contributed by atoms with Gasteiger partial charge in [0, 0.05) is 23.2 Å². The fourth-order valence-corrected chi connectivity index (χ4v) is 2.36. The number of anilines is 1. The van der Waals surface area contributed by atoms with E-state index in [2.05, 4.69) is 24.2 Å². The van der Waals surface area contributed by atoms with Crippen LogP contribution in [0.5, 0.6) is 0 Å². The average molecular weight is 252 g/mol. The molecule has 1 aromatic carbocycles. The molecule has 0 saturated heterocycles. The summed E-state index contributed by atoms with van der Waals surface area (Å²) in [5.41, 5.74) is 9.11. The Kier molecular flexibility index (Phi) is 4.35. The average Bonchev–Trinajstić information content (AvgIpc) is 2.43. The molecule has 0 bridgehead atoms. The minimum absolute atomic E-state index is 0.284. The highest BCUT2D eigenvalue weighted by molar-refractivity contribution is 5.83. The van der Waals surface area contributed by atoms with Crippen LogP contribution in [0.25, 0.3) is 10.9 Å². The number of nitrogens with zero attached hydrogens (tertiary/aromatic N) is 1. The lowest BCUT2D eigenvalue weighted by atomic mass is 9.91. The van der Waals surface area contributed by atoms with Crippen LogP contribution in [0.3, 0.4) is 0 Å². The van der Waals surface area contributed by atoms with Crippen molar-refractivity contribution in [2.75, 3.05) is 5.73 Å². The fourth-order valence-electron chi connectivity index (χ4n) is 2.36. The van der Waals surface area contributed by atoms with E-state index < -0.39 is 0 Å². The predicted octanol–water partition coefficient (Wildman–Crippen LogP) is 4.44. The number of nitrogen functional groups attached to an aromatic ring is 1. The summed E-state index contributed by atoms with van der Waals surface area (Å²) in [7, 11) is 0. The molecule has 0 aliphatic carbocycles. The maximum Gasteiger partial charge on any atom is 0.0706 e. The van der Waals surface area contributed by atoms with Crippen LogP contribution in [-0.4, -0.2) is 4.98 Å². The molecular weight excluding hydrogens is 232 g/mol. The first-order valence-electron chi connectivity index (χ1n) is 6.64. The zero-order chi connectivity index (χ0) is 13.7. The maximum absolute atomic E-state index is 6.17. The molecule has 0 amide bonds. The first-order chi connectivity index (χ1) is 9.26. The monoisotopic (exact) mass is 252 g/mol. The number of benzene rings is 1. The molecule has 98 valence electrons. The van der Waals surface area contributed by atoms with Crippen molar-refractivity contribution in [3.63, 3.8) is 0 Å². The normalized spacial score (nSPS) is 12.2. The second-order valence-corrected chi connectivity index (χ2v) is 4.74. The van der Waals surface area contributed by atoms with Gasteiger partial charge in [-0.05, 0) is 43.0 Å². The summed E-state index contributed by atoms with van der Waals surface area (Å²) in [5.74, 6) is 0.284. The van der Waals surface area contributed by atoms with Gasteiger partial charge >= 0.3 is 0 Å². The predicted molar refractivity (Wildman–Crippen MR) is 83.1 cm³/mol. The molecule has 2 rings (SSSR count). The van der Waals surface area contributed by atoms with Gasteiger partial charge < -0.3 is 5.73 Å². The Morgan fingerprint density at radius 1 is 1.32 bits per heavy atom. The summed E-state index contributed by atoms with van der Waals surface area (Å²) in [4.78, 5) is 4.39. The third-order valence-corrected chi connectivity index (χ3v) is 3.42. The van der Waals surface area contributed by atoms with Crippen molar-refractivity contribution < 1.29 is 0 Å². The largest absolute Gasteiger partial charge is 0.398 e. The van der Waals surface area contributed by atoms with Gasteiger partial charge in [0.05, 0.1) is 5.52 Å². The Morgan fingerprint density at radius 3 is 2.89 bits per heavy atom. The number of aromatic nitrogens is 1. The molecular formula is C17H20N2. The Balaban J connectivity index is 2.33. The van der Waals surface area contributed by atoms with Crippen molar-refractivity contribution in [3.05, 3.63) is 61.3 Å². The van der Waals surface area contributed by atoms with Gasteiger partial charge in [-0.1, -0.05) is 18.2 Å². The van der Waals surface area contributed by atoms with Crippen molar-refractivity contribution in [1.29, 1.82) is 0 Å². The van der Waals surface area contributed by atoms with E-state index in [1.807, 2.05) is 36.5 Å². The van der Waals surface area contributed by atoms with Gasteiger partial charge in [0.15, 0.2) is 0 Å². The topological polar surface area (TPSA) is 38.9 Å². The third kappa shape index (κ3) is 3.02. The zero-order valence-electron chi connectivity index (χ0n) is 11.2. The van der Waals surface area contributed by atoms with Crippen molar-refractivity contribution >= 4 is 16.6 Å². The van der Waals surface area contributed by atoms with Gasteiger partial charge in [-0.15, -0.1) is 13.2 Å². The molecule has 0 fully saturated rings. The molecule has 1 heterocycles. The minimum atomic E-state index is 0.284. The molecule has 1 atom stereocenters. The molecule has 2 N–H and O–H groups in total. The van der Waals surface area contributed by atoms with Gasteiger partial charge in [0.1, 0.15) is 0 Å². The van der Waals surface area contributed by atoms with Crippen molar-refractivity contribution in [3.8, 4) is 0 Å². The Hall–Kier alpha value is -2.09. The van der Waals surface area contributed by atoms with Gasteiger partial charge in [-0.25, -0.2) is 0 Å². The molecule has 2 nitrogen and oxygen atoms in total. The molecule has 1 aromatic heterocycles. The lowest BCUT2D eigenvalue weighted by Crippen LogP contribution is -2.01. The quantitative estimate of drug-likeness (QED) is 0.469. The summed E-state index contributed by atoms with van der Waals surface area (Å²) in [5, 5.41) is 1.08. The van der Waals surface area contributed by atoms with E-state index in [1.165, 1.54) is 0 Å². The minimum Gasteiger partial charge on any atom is -0.398 e. The third-order valence-electron chi connectivity index (χ3n) is 3.42. The highest BCUT2D eigenvalue weighted by Gasteiger charge is 2.12. The van der Waals surface area contributed by atoms with Crippen LogP contribution in [-0.2, 0) is 0 Å². The van der Waals surface area contributed by atoms with Crippen LogP contribution in [0.1, 0.15) is 30.7 Å². The van der Waals surface area contributed by atoms with Crippen molar-refractivity contribution in [2.45, 2.75) is 25.2 Å². The SMILES string of the molecule is C=CCCCC(C=C)c1cc2ncccc2cc1N. The van der Waals surface area contributed by atoms with E-state index >= 15 is 0 Å². The number of allylic oxidation sites excluding steroid dienone is 2. The molecule has 0 aliphatic rings. The summed E-state index contributed by atoms with van der Waals surface area (Å²) in [6.45, 7) is 7.69. The standard InChI is InChI=1S/C17H20N2/c1-3-5-6-8-13(4-2)15-12-17-14(11-16(15)18)9-7-10-19-17/h3-4,7,9-13H,1-2,5-6,8,18H2. The van der Waals surface area contributed by atoms with Crippen molar-refractivity contribution in [2.24, 2.45) is 0 Å². The summed E-state index contributed by atoms with van der Waals surface area (Å²) < 4.78 is 0. The Morgan fingerprint density at radius 2 is 2.16 bits per heavy atom. The molecule has 0 spiro atoms. The number of rotatable bonds is 6. The van der Waals surface area contributed by atoms with E-state index in [1.54, 1.807) is 0 Å². The van der Waals surface area contributed by atoms with E-state index in [4.69, 9.17) is 5.73 Å². The molecule has 0 radical (unpaired) electrons. The van der Waals surface area contributed by atoms with Crippen LogP contribution in [0, 0.1) is 0 Å². The number of pyridine rings is 1. The summed E-state index contributed by atoms with van der Waals surface area (Å²) in [6.07, 6.45) is 8.89. The maximum atomic E-state index is 6.17. The fraction of sp³-hybridized carbons (Fsp3) is 0.235. The zero-order valence-corrected chi connectivity index (χ0v) is 11.2. The number of nitrogens with two attached hydrogens (primary N) is 1. The lowest BCUT2D eigenvalue weighted by Gasteiger charge is -2.15. The highest BCUT2D eigenvalue weighted by atomic mass is 14.7. The van der Waals surface area contributed by atoms with E-state index in [-0.39, 0.29) is 5.92 Å². The van der Waals surface area contributed by atoms with E-state index in [9.17, 15) is 0 Å². The van der Waals surface area contributed by atoms with Crippen LogP contribution in [0.15, 0.2) is 55.8 Å².